The van der Waals surface area contributed by atoms with Crippen LogP contribution in [0.4, 0.5) is 0 Å². The first-order valence-corrected chi connectivity index (χ1v) is 8.56. The Hall–Kier alpha value is -0.710. The molecule has 0 saturated carbocycles. The van der Waals surface area contributed by atoms with Crippen molar-refractivity contribution < 1.29 is 4.79 Å². The van der Waals surface area contributed by atoms with Crippen LogP contribution >= 0.6 is 24.2 Å². The molecule has 1 atom stereocenters. The van der Waals surface area contributed by atoms with E-state index in [0.717, 1.165) is 24.4 Å². The molecule has 22 heavy (non-hydrogen) atoms. The fourth-order valence-corrected chi connectivity index (χ4v) is 3.29. The normalized spacial score (nSPS) is 17.9. The average molecular weight is 343 g/mol. The first-order valence-electron chi connectivity index (χ1n) is 7.57. The van der Waals surface area contributed by atoms with Crippen LogP contribution in [0.5, 0.6) is 0 Å². The Kier molecular flexibility index (Phi) is 7.23. The highest BCUT2D eigenvalue weighted by molar-refractivity contribution is 8.00. The highest BCUT2D eigenvalue weighted by Gasteiger charge is 2.23. The molecule has 2 rings (SSSR count). The Morgan fingerprint density at radius 2 is 1.95 bits per heavy atom. The Morgan fingerprint density at radius 3 is 2.45 bits per heavy atom. The number of nitrogens with one attached hydrogen (secondary N) is 1. The summed E-state index contributed by atoms with van der Waals surface area (Å²) >= 11 is 1.62. The van der Waals surface area contributed by atoms with Crippen molar-refractivity contribution in [1.82, 2.24) is 10.2 Å². The second-order valence-corrected chi connectivity index (χ2v) is 7.76. The molecule has 1 N–H and O–H groups in total. The van der Waals surface area contributed by atoms with Crippen molar-refractivity contribution in [2.75, 3.05) is 25.9 Å². The van der Waals surface area contributed by atoms with Crippen molar-refractivity contribution in [3.8, 4) is 0 Å². The van der Waals surface area contributed by atoms with Crippen LogP contribution in [0, 0.1) is 0 Å². The highest BCUT2D eigenvalue weighted by atomic mass is 35.5. The van der Waals surface area contributed by atoms with Crippen LogP contribution in [0.25, 0.3) is 0 Å². The van der Waals surface area contributed by atoms with Gasteiger partial charge in [-0.25, -0.2) is 0 Å². The second kappa shape index (κ2) is 8.23. The van der Waals surface area contributed by atoms with Gasteiger partial charge < -0.3 is 10.2 Å². The SMILES string of the molecule is CN(C(=O)CSc1ccc(C(C)(C)C)cc1)C1CCNC1.Cl. The van der Waals surface area contributed by atoms with Gasteiger partial charge in [-0.3, -0.25) is 4.79 Å². The third kappa shape index (κ3) is 5.18. The fourth-order valence-electron chi connectivity index (χ4n) is 2.47. The molecule has 0 spiro atoms. The molecule has 0 bridgehead atoms. The number of carbonyl (C=O) groups excluding carboxylic acids is 1. The van der Waals surface area contributed by atoms with E-state index in [1.807, 2.05) is 11.9 Å². The van der Waals surface area contributed by atoms with Gasteiger partial charge in [0.1, 0.15) is 0 Å². The van der Waals surface area contributed by atoms with Crippen LogP contribution in [-0.2, 0) is 10.2 Å². The van der Waals surface area contributed by atoms with Gasteiger partial charge in [-0.05, 0) is 36.1 Å². The van der Waals surface area contributed by atoms with Gasteiger partial charge in [0.25, 0.3) is 0 Å². The molecule has 1 aliphatic rings. The van der Waals surface area contributed by atoms with Gasteiger partial charge in [0.15, 0.2) is 0 Å². The van der Waals surface area contributed by atoms with Gasteiger partial charge in [-0.2, -0.15) is 0 Å². The second-order valence-electron chi connectivity index (χ2n) is 6.71. The molecule has 1 unspecified atom stereocenters. The van der Waals surface area contributed by atoms with Crippen molar-refractivity contribution in [3.05, 3.63) is 29.8 Å². The molecule has 0 aromatic heterocycles. The number of rotatable bonds is 4. The summed E-state index contributed by atoms with van der Waals surface area (Å²) in [6, 6.07) is 8.93. The van der Waals surface area contributed by atoms with E-state index in [4.69, 9.17) is 0 Å². The maximum Gasteiger partial charge on any atom is 0.232 e. The van der Waals surface area contributed by atoms with Crippen LogP contribution in [0.3, 0.4) is 0 Å². The van der Waals surface area contributed by atoms with Crippen molar-refractivity contribution in [2.45, 2.75) is 43.5 Å². The van der Waals surface area contributed by atoms with Gasteiger partial charge in [0.05, 0.1) is 5.75 Å². The molecular weight excluding hydrogens is 316 g/mol. The van der Waals surface area contributed by atoms with Crippen LogP contribution in [0.2, 0.25) is 0 Å². The topological polar surface area (TPSA) is 32.3 Å². The summed E-state index contributed by atoms with van der Waals surface area (Å²) in [5.74, 6) is 0.732. The predicted octanol–water partition coefficient (Wildman–Crippen LogP) is 3.32. The standard InChI is InChI=1S/C17H26N2OS.ClH/c1-17(2,3)13-5-7-15(8-6-13)21-12-16(20)19(4)14-9-10-18-11-14;/h5-8,14,18H,9-12H2,1-4H3;1H. The number of amides is 1. The van der Waals surface area contributed by atoms with Crippen LogP contribution in [-0.4, -0.2) is 42.7 Å². The molecule has 1 aromatic rings. The van der Waals surface area contributed by atoms with Crippen LogP contribution < -0.4 is 5.32 Å². The molecule has 1 fully saturated rings. The number of nitrogens with zero attached hydrogens (tertiary/aromatic N) is 1. The number of carbonyl (C=O) groups is 1. The average Bonchev–Trinajstić information content (AvgIpc) is 2.97. The Bertz CT molecular complexity index is 478. The zero-order chi connectivity index (χ0) is 15.5. The molecule has 1 saturated heterocycles. The van der Waals surface area contributed by atoms with E-state index in [1.54, 1.807) is 11.8 Å². The molecular formula is C17H27ClN2OS. The van der Waals surface area contributed by atoms with Crippen LogP contribution in [0.1, 0.15) is 32.8 Å². The largest absolute Gasteiger partial charge is 0.341 e. The van der Waals surface area contributed by atoms with E-state index in [2.05, 4.69) is 50.4 Å². The first-order chi connectivity index (χ1) is 9.88. The molecule has 1 heterocycles. The van der Waals surface area contributed by atoms with Gasteiger partial charge >= 0.3 is 0 Å². The number of thioether (sulfide) groups is 1. The summed E-state index contributed by atoms with van der Waals surface area (Å²) in [4.78, 5) is 15.3. The third-order valence-electron chi connectivity index (χ3n) is 4.06. The summed E-state index contributed by atoms with van der Waals surface area (Å²) < 4.78 is 0. The van der Waals surface area contributed by atoms with E-state index < -0.39 is 0 Å². The summed E-state index contributed by atoms with van der Waals surface area (Å²) in [6.45, 7) is 8.58. The van der Waals surface area contributed by atoms with Crippen molar-refractivity contribution in [2.24, 2.45) is 0 Å². The zero-order valence-corrected chi connectivity index (χ0v) is 15.5. The van der Waals surface area contributed by atoms with Crippen molar-refractivity contribution >= 4 is 30.1 Å². The monoisotopic (exact) mass is 342 g/mol. The fraction of sp³-hybridized carbons (Fsp3) is 0.588. The lowest BCUT2D eigenvalue weighted by Gasteiger charge is -2.23. The lowest BCUT2D eigenvalue weighted by molar-refractivity contribution is -0.128. The van der Waals surface area contributed by atoms with Gasteiger partial charge in [0, 0.05) is 24.5 Å². The maximum atomic E-state index is 12.2. The Labute approximate surface area is 144 Å². The molecule has 1 amide bonds. The van der Waals surface area contributed by atoms with E-state index in [-0.39, 0.29) is 23.7 Å². The molecule has 124 valence electrons. The molecule has 3 nitrogen and oxygen atoms in total. The number of halogens is 1. The van der Waals surface area contributed by atoms with Crippen molar-refractivity contribution in [3.63, 3.8) is 0 Å². The lowest BCUT2D eigenvalue weighted by Crippen LogP contribution is -2.39. The minimum Gasteiger partial charge on any atom is -0.341 e. The molecule has 1 aliphatic heterocycles. The molecule has 0 aliphatic carbocycles. The Balaban J connectivity index is 0.00000242. The number of hydrogen-bond donors (Lipinski definition) is 1. The molecule has 1 aromatic carbocycles. The van der Waals surface area contributed by atoms with Crippen LogP contribution in [0.15, 0.2) is 29.2 Å². The predicted molar refractivity (Wildman–Crippen MR) is 97.2 cm³/mol. The summed E-state index contributed by atoms with van der Waals surface area (Å²) in [7, 11) is 1.92. The smallest absolute Gasteiger partial charge is 0.232 e. The summed E-state index contributed by atoms with van der Waals surface area (Å²) in [6.07, 6.45) is 1.06. The third-order valence-corrected chi connectivity index (χ3v) is 5.05. The van der Waals surface area contributed by atoms with E-state index >= 15 is 0 Å². The van der Waals surface area contributed by atoms with Gasteiger partial charge in [-0.15, -0.1) is 24.2 Å². The maximum absolute atomic E-state index is 12.2. The highest BCUT2D eigenvalue weighted by Crippen LogP contribution is 2.25. The number of likely N-dealkylation sites (N-methyl/N-ethyl adjacent to an activating group) is 1. The van der Waals surface area contributed by atoms with E-state index in [1.165, 1.54) is 5.56 Å². The quantitative estimate of drug-likeness (QED) is 0.852. The first kappa shape index (κ1) is 19.3. The zero-order valence-electron chi connectivity index (χ0n) is 13.9. The number of hydrogen-bond acceptors (Lipinski definition) is 3. The number of benzene rings is 1. The molecule has 5 heteroatoms. The Morgan fingerprint density at radius 1 is 1.32 bits per heavy atom. The lowest BCUT2D eigenvalue weighted by atomic mass is 9.87. The minimum absolute atomic E-state index is 0. The van der Waals surface area contributed by atoms with Gasteiger partial charge in [-0.1, -0.05) is 32.9 Å². The van der Waals surface area contributed by atoms with E-state index in [0.29, 0.717) is 11.8 Å². The van der Waals surface area contributed by atoms with E-state index in [9.17, 15) is 4.79 Å². The van der Waals surface area contributed by atoms with Crippen molar-refractivity contribution in [1.29, 1.82) is 0 Å². The minimum atomic E-state index is 0. The van der Waals surface area contributed by atoms with Gasteiger partial charge in [0.2, 0.25) is 5.91 Å². The molecule has 0 radical (unpaired) electrons. The summed E-state index contributed by atoms with van der Waals surface area (Å²) in [5, 5.41) is 3.30. The summed E-state index contributed by atoms with van der Waals surface area (Å²) in [5.41, 5.74) is 1.50.